The van der Waals surface area contributed by atoms with Crippen molar-refractivity contribution in [3.8, 4) is 5.75 Å². The van der Waals surface area contributed by atoms with Crippen LogP contribution in [0.1, 0.15) is 17.7 Å². The van der Waals surface area contributed by atoms with Crippen molar-refractivity contribution in [2.24, 2.45) is 0 Å². The van der Waals surface area contributed by atoms with Crippen molar-refractivity contribution in [2.75, 3.05) is 20.2 Å². The van der Waals surface area contributed by atoms with Gasteiger partial charge in [-0.1, -0.05) is 17.7 Å². The molecule has 1 aliphatic rings. The van der Waals surface area contributed by atoms with Crippen LogP contribution in [0.2, 0.25) is 5.02 Å². The number of pyridine rings is 1. The van der Waals surface area contributed by atoms with Crippen molar-refractivity contribution in [1.29, 1.82) is 0 Å². The lowest BCUT2D eigenvalue weighted by atomic mass is 9.98. The summed E-state index contributed by atoms with van der Waals surface area (Å²) in [6.45, 7) is 2.36. The highest BCUT2D eigenvalue weighted by Gasteiger charge is 2.17. The van der Waals surface area contributed by atoms with Crippen LogP contribution >= 0.6 is 11.6 Å². The standard InChI is InChI=1S/C23H21ClN4O2/c1-30-18-3-4-21-19(11-18)20(12-25-21)15-6-8-27(9-7-15)14-17-10-23(29)28-13-16(24)2-5-22(28)26-17/h2-6,10-13,25H,7-9,14H2,1H3. The Kier molecular flexibility index (Phi) is 4.81. The number of halogens is 1. The lowest BCUT2D eigenvalue weighted by Gasteiger charge is -2.26. The molecule has 30 heavy (non-hydrogen) atoms. The number of hydrogen-bond acceptors (Lipinski definition) is 4. The monoisotopic (exact) mass is 420 g/mol. The van der Waals surface area contributed by atoms with E-state index in [0.717, 1.165) is 36.5 Å². The average molecular weight is 421 g/mol. The fourth-order valence-electron chi connectivity index (χ4n) is 4.03. The van der Waals surface area contributed by atoms with Crippen LogP contribution in [0.5, 0.6) is 5.75 Å². The molecule has 4 aromatic rings. The van der Waals surface area contributed by atoms with E-state index in [1.165, 1.54) is 20.9 Å². The van der Waals surface area contributed by atoms with Crippen LogP contribution in [-0.2, 0) is 6.54 Å². The number of hydrogen-bond donors (Lipinski definition) is 1. The highest BCUT2D eigenvalue weighted by atomic mass is 35.5. The molecule has 6 nitrogen and oxygen atoms in total. The molecular formula is C23H21ClN4O2. The van der Waals surface area contributed by atoms with Crippen LogP contribution in [0.15, 0.2) is 59.7 Å². The minimum Gasteiger partial charge on any atom is -0.497 e. The molecule has 0 amide bonds. The average Bonchev–Trinajstić information content (AvgIpc) is 3.18. The Morgan fingerprint density at radius 2 is 2.13 bits per heavy atom. The van der Waals surface area contributed by atoms with E-state index in [1.807, 2.05) is 12.1 Å². The topological polar surface area (TPSA) is 62.6 Å². The second kappa shape index (κ2) is 7.63. The van der Waals surface area contributed by atoms with Gasteiger partial charge in [0.05, 0.1) is 17.8 Å². The number of aromatic amines is 1. The van der Waals surface area contributed by atoms with Gasteiger partial charge < -0.3 is 9.72 Å². The molecule has 0 unspecified atom stereocenters. The fourth-order valence-corrected chi connectivity index (χ4v) is 4.19. The number of methoxy groups -OCH3 is 1. The smallest absolute Gasteiger partial charge is 0.258 e. The summed E-state index contributed by atoms with van der Waals surface area (Å²) in [5.74, 6) is 0.858. The molecule has 3 aromatic heterocycles. The SMILES string of the molecule is COc1ccc2[nH]cc(C3=CCN(Cc4cc(=O)n5cc(Cl)ccc5n4)CC3)c2c1. The van der Waals surface area contributed by atoms with E-state index in [9.17, 15) is 4.79 Å². The van der Waals surface area contributed by atoms with E-state index in [2.05, 4.69) is 33.2 Å². The summed E-state index contributed by atoms with van der Waals surface area (Å²) in [5, 5.41) is 1.69. The van der Waals surface area contributed by atoms with Gasteiger partial charge >= 0.3 is 0 Å². The molecule has 1 aromatic carbocycles. The van der Waals surface area contributed by atoms with Crippen molar-refractivity contribution in [3.05, 3.63) is 81.5 Å². The normalized spacial score (nSPS) is 14.9. The zero-order valence-electron chi connectivity index (χ0n) is 16.6. The Labute approximate surface area is 178 Å². The van der Waals surface area contributed by atoms with E-state index in [-0.39, 0.29) is 5.56 Å². The number of H-pyrrole nitrogens is 1. The first-order valence-corrected chi connectivity index (χ1v) is 10.2. The molecular weight excluding hydrogens is 400 g/mol. The lowest BCUT2D eigenvalue weighted by molar-refractivity contribution is 0.290. The molecule has 7 heteroatoms. The van der Waals surface area contributed by atoms with Gasteiger partial charge in [0.1, 0.15) is 11.4 Å². The predicted octanol–water partition coefficient (Wildman–Crippen LogP) is 4.13. The van der Waals surface area contributed by atoms with Gasteiger partial charge in [-0.2, -0.15) is 0 Å². The molecule has 0 radical (unpaired) electrons. The van der Waals surface area contributed by atoms with E-state index >= 15 is 0 Å². The maximum Gasteiger partial charge on any atom is 0.258 e. The number of nitrogens with one attached hydrogen (secondary N) is 1. The van der Waals surface area contributed by atoms with Gasteiger partial charge in [0.25, 0.3) is 5.56 Å². The third kappa shape index (κ3) is 3.49. The molecule has 0 atom stereocenters. The first-order chi connectivity index (χ1) is 14.6. The minimum atomic E-state index is -0.113. The van der Waals surface area contributed by atoms with Crippen molar-refractivity contribution in [2.45, 2.75) is 13.0 Å². The van der Waals surface area contributed by atoms with Gasteiger partial charge in [0, 0.05) is 54.6 Å². The van der Waals surface area contributed by atoms with Crippen LogP contribution in [0.4, 0.5) is 0 Å². The molecule has 0 saturated carbocycles. The Hall–Kier alpha value is -3.09. The van der Waals surface area contributed by atoms with Crippen molar-refractivity contribution >= 4 is 33.7 Å². The van der Waals surface area contributed by atoms with Gasteiger partial charge in [-0.3, -0.25) is 14.1 Å². The van der Waals surface area contributed by atoms with E-state index in [0.29, 0.717) is 17.2 Å². The summed E-state index contributed by atoms with van der Waals surface area (Å²) in [6, 6.07) is 11.2. The van der Waals surface area contributed by atoms with E-state index < -0.39 is 0 Å². The first kappa shape index (κ1) is 18.9. The van der Waals surface area contributed by atoms with Gasteiger partial charge in [0.2, 0.25) is 0 Å². The summed E-state index contributed by atoms with van der Waals surface area (Å²) >= 11 is 5.98. The maximum atomic E-state index is 12.4. The lowest BCUT2D eigenvalue weighted by Crippen LogP contribution is -2.29. The van der Waals surface area contributed by atoms with Crippen LogP contribution < -0.4 is 10.3 Å². The van der Waals surface area contributed by atoms with Crippen molar-refractivity contribution in [1.82, 2.24) is 19.3 Å². The Bertz CT molecular complexity index is 1340. The first-order valence-electron chi connectivity index (χ1n) is 9.85. The molecule has 0 fully saturated rings. The summed E-state index contributed by atoms with van der Waals surface area (Å²) in [5.41, 5.74) is 4.93. The second-order valence-corrected chi connectivity index (χ2v) is 7.93. The number of nitrogens with zero attached hydrogens (tertiary/aromatic N) is 3. The molecule has 0 spiro atoms. The quantitative estimate of drug-likeness (QED) is 0.539. The minimum absolute atomic E-state index is 0.113. The molecule has 5 rings (SSSR count). The highest BCUT2D eigenvalue weighted by molar-refractivity contribution is 6.30. The molecule has 1 aliphatic heterocycles. The van der Waals surface area contributed by atoms with Crippen LogP contribution in [0, 0.1) is 0 Å². The third-order valence-corrected chi connectivity index (χ3v) is 5.81. The largest absolute Gasteiger partial charge is 0.497 e. The number of ether oxygens (including phenoxy) is 1. The van der Waals surface area contributed by atoms with Gasteiger partial charge in [-0.15, -0.1) is 0 Å². The van der Waals surface area contributed by atoms with Gasteiger partial charge in [-0.25, -0.2) is 4.98 Å². The third-order valence-electron chi connectivity index (χ3n) is 5.59. The van der Waals surface area contributed by atoms with Gasteiger partial charge in [-0.05, 0) is 42.3 Å². The highest BCUT2D eigenvalue weighted by Crippen LogP contribution is 2.31. The summed E-state index contributed by atoms with van der Waals surface area (Å²) in [4.78, 5) is 22.7. The van der Waals surface area contributed by atoms with E-state index in [1.54, 1.807) is 31.5 Å². The predicted molar refractivity (Wildman–Crippen MR) is 119 cm³/mol. The van der Waals surface area contributed by atoms with Crippen LogP contribution in [0.3, 0.4) is 0 Å². The second-order valence-electron chi connectivity index (χ2n) is 7.49. The molecule has 0 bridgehead atoms. The van der Waals surface area contributed by atoms with E-state index in [4.69, 9.17) is 16.3 Å². The summed E-state index contributed by atoms with van der Waals surface area (Å²) < 4.78 is 6.86. The van der Waals surface area contributed by atoms with Crippen LogP contribution in [-0.4, -0.2) is 39.5 Å². The Morgan fingerprint density at radius 1 is 1.23 bits per heavy atom. The molecule has 152 valence electrons. The molecule has 4 heterocycles. The Morgan fingerprint density at radius 3 is 2.93 bits per heavy atom. The molecule has 0 aliphatic carbocycles. The number of benzene rings is 1. The van der Waals surface area contributed by atoms with Crippen molar-refractivity contribution in [3.63, 3.8) is 0 Å². The Balaban J connectivity index is 1.36. The summed E-state index contributed by atoms with van der Waals surface area (Å²) in [6.07, 6.45) is 6.87. The van der Waals surface area contributed by atoms with Crippen LogP contribution in [0.25, 0.3) is 22.1 Å². The zero-order chi connectivity index (χ0) is 20.7. The summed E-state index contributed by atoms with van der Waals surface area (Å²) in [7, 11) is 1.69. The number of aromatic nitrogens is 3. The number of rotatable bonds is 4. The van der Waals surface area contributed by atoms with Gasteiger partial charge in [0.15, 0.2) is 0 Å². The number of fused-ring (bicyclic) bond motifs is 2. The molecule has 0 saturated heterocycles. The fraction of sp³-hybridized carbons (Fsp3) is 0.217. The van der Waals surface area contributed by atoms with Crippen molar-refractivity contribution < 1.29 is 4.74 Å². The molecule has 1 N–H and O–H groups in total. The zero-order valence-corrected chi connectivity index (χ0v) is 17.3. The maximum absolute atomic E-state index is 12.4.